The normalized spacial score (nSPS) is 25.7. The number of nitrogens with one attached hydrogen (secondary N) is 3. The number of rotatable bonds is 6. The van der Waals surface area contributed by atoms with Gasteiger partial charge < -0.3 is 29.7 Å². The topological polar surface area (TPSA) is 190 Å². The first-order valence-corrected chi connectivity index (χ1v) is 20.6. The van der Waals surface area contributed by atoms with Crippen molar-refractivity contribution in [2.24, 2.45) is 5.92 Å². The van der Waals surface area contributed by atoms with E-state index in [1.165, 1.54) is 34.4 Å². The van der Waals surface area contributed by atoms with Gasteiger partial charge in [-0.3, -0.25) is 19.3 Å². The van der Waals surface area contributed by atoms with E-state index in [0.717, 1.165) is 17.8 Å². The highest BCUT2D eigenvalue weighted by molar-refractivity contribution is 7.92. The summed E-state index contributed by atoms with van der Waals surface area (Å²) in [6.45, 7) is 4.93. The summed E-state index contributed by atoms with van der Waals surface area (Å²) >= 11 is 0.863. The molecule has 3 N–H and O–H groups in total. The van der Waals surface area contributed by atoms with E-state index in [0.29, 0.717) is 36.1 Å². The summed E-state index contributed by atoms with van der Waals surface area (Å²) in [5.41, 5.74) is -1.50. The summed E-state index contributed by atoms with van der Waals surface area (Å²) in [5.74, 6) is -3.03. The van der Waals surface area contributed by atoms with Crippen molar-refractivity contribution < 1.29 is 51.0 Å². The number of ether oxygens (including phenoxy) is 3. The van der Waals surface area contributed by atoms with Crippen molar-refractivity contribution in [3.63, 3.8) is 0 Å². The molecule has 1 aromatic carbocycles. The summed E-state index contributed by atoms with van der Waals surface area (Å²) in [5, 5.41) is 6.91. The molecule has 1 aliphatic carbocycles. The van der Waals surface area contributed by atoms with Crippen molar-refractivity contribution in [2.75, 3.05) is 13.7 Å². The molecule has 2 aromatic rings. The van der Waals surface area contributed by atoms with Gasteiger partial charge in [-0.2, -0.15) is 0 Å². The number of nitrogens with zero attached hydrogens (tertiary/aromatic N) is 2. The van der Waals surface area contributed by atoms with E-state index in [-0.39, 0.29) is 43.1 Å². The zero-order valence-corrected chi connectivity index (χ0v) is 32.7. The van der Waals surface area contributed by atoms with Crippen LogP contribution in [0.15, 0.2) is 46.0 Å². The van der Waals surface area contributed by atoms with Crippen LogP contribution in [0.1, 0.15) is 76.8 Å². The lowest BCUT2D eigenvalue weighted by Crippen LogP contribution is -2.58. The van der Waals surface area contributed by atoms with Gasteiger partial charge in [-0.25, -0.2) is 27.1 Å². The number of sulfonamides is 1. The molecule has 55 heavy (non-hydrogen) atoms. The predicted octanol–water partition coefficient (Wildman–Crippen LogP) is 4.11. The maximum Gasteiger partial charge on any atom is 0.410 e. The molecule has 0 radical (unpaired) electrons. The minimum atomic E-state index is -4.34. The van der Waals surface area contributed by atoms with Crippen molar-refractivity contribution in [1.29, 1.82) is 0 Å². The number of alkyl carbamates (subject to hydrolysis) is 1. The van der Waals surface area contributed by atoms with Crippen LogP contribution in [0.5, 0.6) is 5.75 Å². The standard InChI is InChI=1S/C37H46FN5O10S2/c1-36(2,3)53-34(47)39-28-14-9-7-5-6-8-12-23-17-37(23,33(46)41-55(49,50)30-16-25(51-4)21-54-30)40-31(44)29-15-24(19-43(29)32(28)45)52-35(48)42-18-22-11-10-13-27(38)26(22)20-42/h8,10-13,16,21,23-24,28-29H,5-7,9,14-15,17-20H2,1-4H3,(H,39,47)(H,40,44)(H,41,46)/t23-,24-,28+,29+,37-/m1/s1. The van der Waals surface area contributed by atoms with Crippen LogP contribution in [-0.4, -0.2) is 91.1 Å². The number of carbonyl (C=O) groups is 5. The Bertz CT molecular complexity index is 1980. The Kier molecular flexibility index (Phi) is 11.5. The lowest BCUT2D eigenvalue weighted by atomic mass is 10.0. The summed E-state index contributed by atoms with van der Waals surface area (Å²) in [7, 11) is -2.96. The van der Waals surface area contributed by atoms with Crippen LogP contribution >= 0.6 is 11.3 Å². The number of thiophene rings is 1. The van der Waals surface area contributed by atoms with Gasteiger partial charge in [0.2, 0.25) is 11.8 Å². The van der Waals surface area contributed by atoms with Crippen LogP contribution in [0.2, 0.25) is 0 Å². The smallest absolute Gasteiger partial charge is 0.410 e. The predicted molar refractivity (Wildman–Crippen MR) is 197 cm³/mol. The second-order valence-electron chi connectivity index (χ2n) is 15.3. The molecule has 0 spiro atoms. The first-order chi connectivity index (χ1) is 26.0. The molecule has 1 aromatic heterocycles. The molecule has 3 aliphatic heterocycles. The minimum Gasteiger partial charge on any atom is -0.496 e. The van der Waals surface area contributed by atoms with Gasteiger partial charge >= 0.3 is 12.2 Å². The van der Waals surface area contributed by atoms with Crippen LogP contribution in [-0.2, 0) is 47.0 Å². The third-order valence-corrected chi connectivity index (χ3v) is 12.8. The molecule has 0 unspecified atom stereocenters. The number of allylic oxidation sites excluding steroid dienone is 1. The fourth-order valence-corrected chi connectivity index (χ4v) is 9.31. The number of fused-ring (bicyclic) bond motifs is 3. The van der Waals surface area contributed by atoms with E-state index in [2.05, 4.69) is 15.4 Å². The van der Waals surface area contributed by atoms with Crippen molar-refractivity contribution in [3.05, 3.63) is 58.7 Å². The van der Waals surface area contributed by atoms with Gasteiger partial charge in [0.1, 0.15) is 45.1 Å². The van der Waals surface area contributed by atoms with Crippen LogP contribution in [0.25, 0.3) is 0 Å². The van der Waals surface area contributed by atoms with Crippen LogP contribution in [0, 0.1) is 11.7 Å². The van der Waals surface area contributed by atoms with Gasteiger partial charge in [0, 0.05) is 35.9 Å². The lowest BCUT2D eigenvalue weighted by Gasteiger charge is -2.30. The van der Waals surface area contributed by atoms with E-state index >= 15 is 0 Å². The van der Waals surface area contributed by atoms with Gasteiger partial charge in [0.05, 0.1) is 20.2 Å². The second-order valence-corrected chi connectivity index (χ2v) is 18.1. The highest BCUT2D eigenvalue weighted by atomic mass is 32.2. The van der Waals surface area contributed by atoms with Crippen molar-refractivity contribution in [3.8, 4) is 5.75 Å². The van der Waals surface area contributed by atoms with Crippen molar-refractivity contribution >= 4 is 51.3 Å². The molecule has 0 bridgehead atoms. The molecule has 298 valence electrons. The summed E-state index contributed by atoms with van der Waals surface area (Å²) < 4.78 is 59.3. The maximum absolute atomic E-state index is 14.5. The third kappa shape index (κ3) is 9.06. The maximum atomic E-state index is 14.5. The Hall–Kier alpha value is -4.71. The van der Waals surface area contributed by atoms with Gasteiger partial charge in [0.25, 0.3) is 15.9 Å². The van der Waals surface area contributed by atoms with Crippen LogP contribution in [0.4, 0.5) is 14.0 Å². The molecule has 5 atom stereocenters. The quantitative estimate of drug-likeness (QED) is 0.359. The Labute approximate surface area is 323 Å². The van der Waals surface area contributed by atoms with E-state index in [1.807, 2.05) is 6.08 Å². The number of amides is 5. The number of halogens is 1. The molecule has 18 heteroatoms. The largest absolute Gasteiger partial charge is 0.496 e. The SMILES string of the molecule is COc1csc(S(=O)(=O)NC(=O)[C@@]23C[C@H]2C=CCCCCC[C@H](NC(=O)OC(C)(C)C)C(=O)N2C[C@H](OC(=O)N4Cc5cccc(F)c5C4)C[C@H]2C(=O)N3)c1. The monoisotopic (exact) mass is 803 g/mol. The van der Waals surface area contributed by atoms with Gasteiger partial charge in [-0.05, 0) is 58.1 Å². The number of benzene rings is 1. The molecule has 1 saturated heterocycles. The molecule has 6 rings (SSSR count). The van der Waals surface area contributed by atoms with E-state index < -0.39 is 81.0 Å². The van der Waals surface area contributed by atoms with Crippen LogP contribution in [0.3, 0.4) is 0 Å². The van der Waals surface area contributed by atoms with Crippen LogP contribution < -0.4 is 20.1 Å². The summed E-state index contributed by atoms with van der Waals surface area (Å²) in [6, 6.07) is 3.48. The molecule has 15 nitrogen and oxygen atoms in total. The fraction of sp³-hybridized carbons (Fsp3) is 0.541. The highest BCUT2D eigenvalue weighted by Gasteiger charge is 2.62. The van der Waals surface area contributed by atoms with E-state index in [4.69, 9.17) is 14.2 Å². The minimum absolute atomic E-state index is 0.0182. The number of methoxy groups -OCH3 is 1. The molecule has 4 heterocycles. The fourth-order valence-electron chi connectivity index (χ4n) is 7.15. The second kappa shape index (κ2) is 15.8. The van der Waals surface area contributed by atoms with Crippen molar-refractivity contribution in [1.82, 2.24) is 25.2 Å². The first-order valence-electron chi connectivity index (χ1n) is 18.2. The average Bonchev–Trinajstić information content (AvgIpc) is 3.53. The summed E-state index contributed by atoms with van der Waals surface area (Å²) in [4.78, 5) is 71.4. The Morgan fingerprint density at radius 1 is 1.11 bits per heavy atom. The molecule has 4 aliphatic rings. The lowest BCUT2D eigenvalue weighted by molar-refractivity contribution is -0.141. The first kappa shape index (κ1) is 40.0. The van der Waals surface area contributed by atoms with Gasteiger partial charge in [0.15, 0.2) is 0 Å². The average molecular weight is 804 g/mol. The van der Waals surface area contributed by atoms with Gasteiger partial charge in [-0.15, -0.1) is 11.3 Å². The molecule has 5 amide bonds. The Morgan fingerprint density at radius 2 is 1.89 bits per heavy atom. The molecule has 2 fully saturated rings. The Morgan fingerprint density at radius 3 is 2.60 bits per heavy atom. The third-order valence-electron chi connectivity index (χ3n) is 10.1. The zero-order valence-electron chi connectivity index (χ0n) is 31.1. The summed E-state index contributed by atoms with van der Waals surface area (Å²) in [6.07, 6.45) is 3.86. The zero-order chi connectivity index (χ0) is 39.7. The highest BCUT2D eigenvalue weighted by Crippen LogP contribution is 2.46. The van der Waals surface area contributed by atoms with E-state index in [1.54, 1.807) is 39.0 Å². The molecular weight excluding hydrogens is 758 g/mol. The number of carbonyl (C=O) groups excluding carboxylic acids is 5. The van der Waals surface area contributed by atoms with Crippen molar-refractivity contribution in [2.45, 2.75) is 112 Å². The Balaban J connectivity index is 1.26. The number of hydrogen-bond donors (Lipinski definition) is 3. The number of hydrogen-bond acceptors (Lipinski definition) is 11. The molecular formula is C37H46FN5O10S2. The molecule has 1 saturated carbocycles. The van der Waals surface area contributed by atoms with Gasteiger partial charge in [-0.1, -0.05) is 37.1 Å². The van der Waals surface area contributed by atoms with E-state index in [9.17, 15) is 36.8 Å².